The summed E-state index contributed by atoms with van der Waals surface area (Å²) in [5.74, 6) is 1.23. The highest BCUT2D eigenvalue weighted by molar-refractivity contribution is 5.78. The lowest BCUT2D eigenvalue weighted by Crippen LogP contribution is -2.24. The SMILES string of the molecule is CCOc1ccccc1Oc1ccc(CNC(=O)Cc2ccc(F)cc2)cn1. The van der Waals surface area contributed by atoms with Gasteiger partial charge in [0.1, 0.15) is 5.82 Å². The van der Waals surface area contributed by atoms with Crippen LogP contribution < -0.4 is 14.8 Å². The summed E-state index contributed by atoms with van der Waals surface area (Å²) in [7, 11) is 0. The van der Waals surface area contributed by atoms with Crippen LogP contribution in [0.25, 0.3) is 0 Å². The number of carbonyl (C=O) groups excluding carboxylic acids is 1. The van der Waals surface area contributed by atoms with Crippen molar-refractivity contribution in [3.05, 3.63) is 83.8 Å². The van der Waals surface area contributed by atoms with Gasteiger partial charge in [-0.15, -0.1) is 0 Å². The molecule has 1 heterocycles. The van der Waals surface area contributed by atoms with E-state index in [1.165, 1.54) is 12.1 Å². The number of pyridine rings is 1. The molecule has 3 aromatic rings. The van der Waals surface area contributed by atoms with Gasteiger partial charge in [0.2, 0.25) is 11.8 Å². The van der Waals surface area contributed by atoms with Crippen molar-refractivity contribution in [2.75, 3.05) is 6.61 Å². The minimum absolute atomic E-state index is 0.141. The minimum atomic E-state index is -0.318. The molecule has 144 valence electrons. The molecule has 1 aromatic heterocycles. The van der Waals surface area contributed by atoms with Gasteiger partial charge in [0.15, 0.2) is 11.5 Å². The number of hydrogen-bond acceptors (Lipinski definition) is 4. The zero-order valence-electron chi connectivity index (χ0n) is 15.5. The van der Waals surface area contributed by atoms with E-state index >= 15 is 0 Å². The Hall–Kier alpha value is -3.41. The van der Waals surface area contributed by atoms with Crippen molar-refractivity contribution in [3.8, 4) is 17.4 Å². The van der Waals surface area contributed by atoms with Gasteiger partial charge in [-0.3, -0.25) is 4.79 Å². The Kier molecular flexibility index (Phi) is 6.57. The van der Waals surface area contributed by atoms with Crippen LogP contribution in [0.2, 0.25) is 0 Å². The topological polar surface area (TPSA) is 60.5 Å². The number of nitrogens with zero attached hydrogens (tertiary/aromatic N) is 1. The maximum absolute atomic E-state index is 12.9. The average molecular weight is 380 g/mol. The molecule has 0 fully saturated rings. The number of aromatic nitrogens is 1. The molecule has 5 nitrogen and oxygen atoms in total. The third kappa shape index (κ3) is 5.54. The molecular weight excluding hydrogens is 359 g/mol. The van der Waals surface area contributed by atoms with E-state index in [1.54, 1.807) is 24.4 Å². The number of benzene rings is 2. The van der Waals surface area contributed by atoms with E-state index in [-0.39, 0.29) is 18.1 Å². The number of rotatable bonds is 8. The Morgan fingerprint density at radius 3 is 2.39 bits per heavy atom. The average Bonchev–Trinajstić information content (AvgIpc) is 2.71. The Balaban J connectivity index is 1.53. The third-order valence-corrected chi connectivity index (χ3v) is 3.93. The van der Waals surface area contributed by atoms with E-state index < -0.39 is 0 Å². The fourth-order valence-electron chi connectivity index (χ4n) is 2.55. The normalized spacial score (nSPS) is 10.4. The molecule has 1 N–H and O–H groups in total. The number of nitrogens with one attached hydrogen (secondary N) is 1. The fourth-order valence-corrected chi connectivity index (χ4v) is 2.55. The smallest absolute Gasteiger partial charge is 0.224 e. The van der Waals surface area contributed by atoms with Crippen molar-refractivity contribution in [1.29, 1.82) is 0 Å². The summed E-state index contributed by atoms with van der Waals surface area (Å²) in [6, 6.07) is 16.9. The third-order valence-electron chi connectivity index (χ3n) is 3.93. The van der Waals surface area contributed by atoms with Crippen LogP contribution in [-0.2, 0) is 17.8 Å². The molecule has 1 amide bonds. The summed E-state index contributed by atoms with van der Waals surface area (Å²) >= 11 is 0. The van der Waals surface area contributed by atoms with E-state index in [0.717, 1.165) is 11.1 Å². The van der Waals surface area contributed by atoms with Crippen molar-refractivity contribution in [2.45, 2.75) is 19.9 Å². The Morgan fingerprint density at radius 2 is 1.71 bits per heavy atom. The van der Waals surface area contributed by atoms with Crippen LogP contribution in [0, 0.1) is 5.82 Å². The van der Waals surface area contributed by atoms with Gasteiger partial charge in [-0.1, -0.05) is 30.3 Å². The lowest BCUT2D eigenvalue weighted by Gasteiger charge is -2.11. The first-order valence-corrected chi connectivity index (χ1v) is 9.00. The van der Waals surface area contributed by atoms with Crippen LogP contribution >= 0.6 is 0 Å². The van der Waals surface area contributed by atoms with E-state index in [9.17, 15) is 9.18 Å². The summed E-state index contributed by atoms with van der Waals surface area (Å²) in [6.45, 7) is 2.81. The van der Waals surface area contributed by atoms with Gasteiger partial charge in [0.25, 0.3) is 0 Å². The maximum atomic E-state index is 12.9. The van der Waals surface area contributed by atoms with E-state index in [1.807, 2.05) is 37.3 Å². The van der Waals surface area contributed by atoms with E-state index in [4.69, 9.17) is 9.47 Å². The molecular formula is C22H21FN2O3. The summed E-state index contributed by atoms with van der Waals surface area (Å²) in [5.41, 5.74) is 1.60. The monoisotopic (exact) mass is 380 g/mol. The van der Waals surface area contributed by atoms with Gasteiger partial charge in [0, 0.05) is 18.8 Å². The van der Waals surface area contributed by atoms with Crippen LogP contribution in [0.3, 0.4) is 0 Å². The maximum Gasteiger partial charge on any atom is 0.224 e. The van der Waals surface area contributed by atoms with Gasteiger partial charge < -0.3 is 14.8 Å². The van der Waals surface area contributed by atoms with Gasteiger partial charge in [0.05, 0.1) is 13.0 Å². The molecule has 0 atom stereocenters. The molecule has 0 aliphatic rings. The number of amides is 1. The summed E-state index contributed by atoms with van der Waals surface area (Å²) in [4.78, 5) is 16.3. The summed E-state index contributed by atoms with van der Waals surface area (Å²) in [6.07, 6.45) is 1.85. The van der Waals surface area contributed by atoms with Gasteiger partial charge >= 0.3 is 0 Å². The van der Waals surface area contributed by atoms with Gasteiger partial charge in [-0.2, -0.15) is 0 Å². The molecule has 28 heavy (non-hydrogen) atoms. The van der Waals surface area contributed by atoms with E-state index in [2.05, 4.69) is 10.3 Å². The Bertz CT molecular complexity index is 912. The van der Waals surface area contributed by atoms with Crippen LogP contribution in [0.15, 0.2) is 66.9 Å². The zero-order valence-corrected chi connectivity index (χ0v) is 15.5. The number of carbonyl (C=O) groups is 1. The molecule has 0 spiro atoms. The number of halogens is 1. The first kappa shape index (κ1) is 19.4. The highest BCUT2D eigenvalue weighted by Gasteiger charge is 2.07. The molecule has 0 radical (unpaired) electrons. The van der Waals surface area contributed by atoms with Crippen LogP contribution in [0.4, 0.5) is 4.39 Å². The zero-order chi connectivity index (χ0) is 19.8. The van der Waals surface area contributed by atoms with E-state index in [0.29, 0.717) is 30.5 Å². The lowest BCUT2D eigenvalue weighted by molar-refractivity contribution is -0.120. The lowest BCUT2D eigenvalue weighted by atomic mass is 10.1. The Labute approximate surface area is 163 Å². The van der Waals surface area contributed by atoms with Crippen LogP contribution in [-0.4, -0.2) is 17.5 Å². The molecule has 0 saturated carbocycles. The molecule has 3 rings (SSSR count). The van der Waals surface area contributed by atoms with Gasteiger partial charge in [-0.05, 0) is 42.3 Å². The van der Waals surface area contributed by atoms with Crippen LogP contribution in [0.1, 0.15) is 18.1 Å². The largest absolute Gasteiger partial charge is 0.490 e. The standard InChI is InChI=1S/C22H21FN2O3/c1-2-27-19-5-3-4-6-20(19)28-22-12-9-17(15-25-22)14-24-21(26)13-16-7-10-18(23)11-8-16/h3-12,15H,2,13-14H2,1H3,(H,24,26). The predicted octanol–water partition coefficient (Wildman–Crippen LogP) is 4.27. The summed E-state index contributed by atoms with van der Waals surface area (Å²) < 4.78 is 24.2. The highest BCUT2D eigenvalue weighted by atomic mass is 19.1. The van der Waals surface area contributed by atoms with Crippen molar-refractivity contribution in [3.63, 3.8) is 0 Å². The summed E-state index contributed by atoms with van der Waals surface area (Å²) in [5, 5.41) is 2.82. The molecule has 0 aliphatic carbocycles. The predicted molar refractivity (Wildman–Crippen MR) is 104 cm³/mol. The molecule has 0 aliphatic heterocycles. The fraction of sp³-hybridized carbons (Fsp3) is 0.182. The van der Waals surface area contributed by atoms with Crippen molar-refractivity contribution in [2.24, 2.45) is 0 Å². The first-order chi connectivity index (χ1) is 13.6. The van der Waals surface area contributed by atoms with Crippen molar-refractivity contribution < 1.29 is 18.7 Å². The molecule has 0 unspecified atom stereocenters. The molecule has 6 heteroatoms. The van der Waals surface area contributed by atoms with Gasteiger partial charge in [-0.25, -0.2) is 9.37 Å². The minimum Gasteiger partial charge on any atom is -0.490 e. The number of para-hydroxylation sites is 2. The molecule has 2 aromatic carbocycles. The second-order valence-electron chi connectivity index (χ2n) is 6.07. The quantitative estimate of drug-likeness (QED) is 0.634. The number of hydrogen-bond donors (Lipinski definition) is 1. The second kappa shape index (κ2) is 9.50. The number of ether oxygens (including phenoxy) is 2. The highest BCUT2D eigenvalue weighted by Crippen LogP contribution is 2.30. The molecule has 0 bridgehead atoms. The molecule has 0 saturated heterocycles. The van der Waals surface area contributed by atoms with Crippen LogP contribution in [0.5, 0.6) is 17.4 Å². The van der Waals surface area contributed by atoms with Crippen molar-refractivity contribution >= 4 is 5.91 Å². The van der Waals surface area contributed by atoms with Crippen molar-refractivity contribution in [1.82, 2.24) is 10.3 Å². The first-order valence-electron chi connectivity index (χ1n) is 9.00. The second-order valence-corrected chi connectivity index (χ2v) is 6.07. The Morgan fingerprint density at radius 1 is 1.00 bits per heavy atom.